The van der Waals surface area contributed by atoms with E-state index in [9.17, 15) is 4.79 Å². The first-order chi connectivity index (χ1) is 16.4. The molecule has 184 valence electrons. The fourth-order valence-electron chi connectivity index (χ4n) is 4.43. The van der Waals surface area contributed by atoms with Crippen molar-refractivity contribution < 1.29 is 14.6 Å². The highest BCUT2D eigenvalue weighted by Gasteiger charge is 2.31. The molecule has 2 aromatic carbocycles. The summed E-state index contributed by atoms with van der Waals surface area (Å²) < 4.78 is 5.77. The average Bonchev–Trinajstić information content (AvgIpc) is 3.70. The molecule has 1 saturated heterocycles. The smallest absolute Gasteiger partial charge is 0.335 e. The minimum absolute atomic E-state index is 0.331. The van der Waals surface area contributed by atoms with Gasteiger partial charge in [0, 0.05) is 44.3 Å². The van der Waals surface area contributed by atoms with E-state index in [1.54, 1.807) is 37.4 Å². The molecule has 0 atom stereocenters. The second-order valence-corrected chi connectivity index (χ2v) is 9.32. The van der Waals surface area contributed by atoms with Gasteiger partial charge in [0.25, 0.3) is 0 Å². The Morgan fingerprint density at radius 1 is 1.12 bits per heavy atom. The van der Waals surface area contributed by atoms with Crippen molar-refractivity contribution in [2.24, 2.45) is 0 Å². The van der Waals surface area contributed by atoms with Crippen molar-refractivity contribution in [2.45, 2.75) is 59.0 Å². The maximum absolute atomic E-state index is 10.2. The molecule has 0 bridgehead atoms. The van der Waals surface area contributed by atoms with Crippen molar-refractivity contribution in [1.29, 1.82) is 0 Å². The number of aromatic carboxylic acids is 1. The highest BCUT2D eigenvalue weighted by atomic mass is 16.5. The van der Waals surface area contributed by atoms with Crippen LogP contribution in [0.2, 0.25) is 0 Å². The molecule has 0 amide bonds. The molecule has 1 aliphatic carbocycles. The highest BCUT2D eigenvalue weighted by molar-refractivity contribution is 5.87. The summed E-state index contributed by atoms with van der Waals surface area (Å²) >= 11 is 0. The van der Waals surface area contributed by atoms with E-state index in [4.69, 9.17) is 9.84 Å². The summed E-state index contributed by atoms with van der Waals surface area (Å²) in [6, 6.07) is 11.4. The Bertz CT molecular complexity index is 959. The van der Waals surface area contributed by atoms with E-state index >= 15 is 0 Å². The van der Waals surface area contributed by atoms with E-state index in [1.807, 2.05) is 0 Å². The van der Waals surface area contributed by atoms with Gasteiger partial charge in [-0.25, -0.2) is 4.79 Å². The van der Waals surface area contributed by atoms with Gasteiger partial charge in [0.15, 0.2) is 0 Å². The number of rotatable bonds is 8. The van der Waals surface area contributed by atoms with Crippen molar-refractivity contribution in [1.82, 2.24) is 9.80 Å². The van der Waals surface area contributed by atoms with Gasteiger partial charge >= 0.3 is 5.97 Å². The topological polar surface area (TPSA) is 53.0 Å². The van der Waals surface area contributed by atoms with Crippen LogP contribution in [0.1, 0.15) is 65.2 Å². The minimum atomic E-state index is -0.879. The predicted octanol–water partition coefficient (Wildman–Crippen LogP) is 5.79. The van der Waals surface area contributed by atoms with E-state index < -0.39 is 5.97 Å². The number of carbonyl (C=O) groups is 1. The number of carboxylic acid groups (broad SMARTS) is 1. The summed E-state index contributed by atoms with van der Waals surface area (Å²) in [6.07, 6.45) is 9.79. The van der Waals surface area contributed by atoms with Gasteiger partial charge in [-0.05, 0) is 68.0 Å². The number of piperazine rings is 1. The first-order valence-electron chi connectivity index (χ1n) is 12.5. The molecule has 0 unspecified atom stereocenters. The molecule has 2 fully saturated rings. The lowest BCUT2D eigenvalue weighted by molar-refractivity contribution is 0.0697. The fourth-order valence-corrected chi connectivity index (χ4v) is 4.43. The molecular formula is C29H40N2O3. The number of aryl methyl sites for hydroxylation is 1. The first kappa shape index (κ1) is 26.0. The van der Waals surface area contributed by atoms with Crippen molar-refractivity contribution in [3.63, 3.8) is 0 Å². The second-order valence-electron chi connectivity index (χ2n) is 9.32. The Labute approximate surface area is 205 Å². The SMILES string of the molecule is CCC/C=C\c1c(C)c(C)cc(OC)c1CN1CCN(C2CC2)CC1.O=C(O)c1ccccc1. The highest BCUT2D eigenvalue weighted by Crippen LogP contribution is 2.32. The summed E-state index contributed by atoms with van der Waals surface area (Å²) in [5.41, 5.74) is 5.76. The zero-order valence-corrected chi connectivity index (χ0v) is 21.2. The molecule has 5 nitrogen and oxygen atoms in total. The molecule has 0 radical (unpaired) electrons. The molecule has 2 aromatic rings. The lowest BCUT2D eigenvalue weighted by atomic mass is 9.95. The molecular weight excluding hydrogens is 424 g/mol. The summed E-state index contributed by atoms with van der Waals surface area (Å²) in [5.74, 6) is 0.166. The lowest BCUT2D eigenvalue weighted by Gasteiger charge is -2.35. The third kappa shape index (κ3) is 7.18. The second kappa shape index (κ2) is 12.7. The first-order valence-corrected chi connectivity index (χ1v) is 12.5. The molecule has 0 aromatic heterocycles. The van der Waals surface area contributed by atoms with Gasteiger partial charge in [0.05, 0.1) is 12.7 Å². The Morgan fingerprint density at radius 3 is 2.32 bits per heavy atom. The van der Waals surface area contributed by atoms with Gasteiger partial charge in [0.1, 0.15) is 5.75 Å². The number of unbranched alkanes of at least 4 members (excludes halogenated alkanes) is 1. The molecule has 2 aliphatic rings. The molecule has 5 heteroatoms. The maximum Gasteiger partial charge on any atom is 0.335 e. The lowest BCUT2D eigenvalue weighted by Crippen LogP contribution is -2.46. The quantitative estimate of drug-likeness (QED) is 0.536. The van der Waals surface area contributed by atoms with Gasteiger partial charge < -0.3 is 9.84 Å². The van der Waals surface area contributed by atoms with Crippen molar-refractivity contribution in [3.05, 3.63) is 70.3 Å². The van der Waals surface area contributed by atoms with Crippen LogP contribution in [0.5, 0.6) is 5.75 Å². The van der Waals surface area contributed by atoms with Crippen LogP contribution in [0, 0.1) is 13.8 Å². The van der Waals surface area contributed by atoms with Crippen LogP contribution in [0.15, 0.2) is 42.5 Å². The van der Waals surface area contributed by atoms with Gasteiger partial charge in [0.2, 0.25) is 0 Å². The minimum Gasteiger partial charge on any atom is -0.496 e. The van der Waals surface area contributed by atoms with Crippen molar-refractivity contribution >= 4 is 12.0 Å². The van der Waals surface area contributed by atoms with Crippen LogP contribution >= 0.6 is 0 Å². The zero-order valence-electron chi connectivity index (χ0n) is 21.2. The number of carboxylic acids is 1. The van der Waals surface area contributed by atoms with Gasteiger partial charge in [-0.3, -0.25) is 9.80 Å². The van der Waals surface area contributed by atoms with Crippen LogP contribution in [0.4, 0.5) is 0 Å². The average molecular weight is 465 g/mol. The third-order valence-electron chi connectivity index (χ3n) is 6.80. The number of nitrogens with zero attached hydrogens (tertiary/aromatic N) is 2. The van der Waals surface area contributed by atoms with E-state index in [2.05, 4.69) is 48.8 Å². The Morgan fingerprint density at radius 2 is 1.79 bits per heavy atom. The summed E-state index contributed by atoms with van der Waals surface area (Å²) in [5, 5.41) is 8.38. The Hall–Kier alpha value is -2.63. The predicted molar refractivity (Wildman–Crippen MR) is 140 cm³/mol. The van der Waals surface area contributed by atoms with Crippen LogP contribution in [-0.2, 0) is 6.54 Å². The molecule has 1 saturated carbocycles. The van der Waals surface area contributed by atoms with Crippen molar-refractivity contribution in [2.75, 3.05) is 33.3 Å². The van der Waals surface area contributed by atoms with Crippen LogP contribution in [0.25, 0.3) is 6.08 Å². The van der Waals surface area contributed by atoms with Gasteiger partial charge in [-0.15, -0.1) is 0 Å². The number of allylic oxidation sites excluding steroid dienone is 1. The van der Waals surface area contributed by atoms with E-state index in [0.29, 0.717) is 5.56 Å². The summed E-state index contributed by atoms with van der Waals surface area (Å²) in [6.45, 7) is 12.4. The Kier molecular flexibility index (Phi) is 9.73. The van der Waals surface area contributed by atoms with Crippen molar-refractivity contribution in [3.8, 4) is 5.75 Å². The van der Waals surface area contributed by atoms with E-state index in [1.165, 1.54) is 67.7 Å². The third-order valence-corrected chi connectivity index (χ3v) is 6.80. The van der Waals surface area contributed by atoms with Crippen LogP contribution in [0.3, 0.4) is 0 Å². The molecule has 1 N–H and O–H groups in total. The molecule has 1 heterocycles. The molecule has 0 spiro atoms. The molecule has 4 rings (SSSR count). The standard InChI is InChI=1S/C22H34N2O.C7H6O2/c1-5-6-7-8-20-18(3)17(2)15-22(25-4)21(20)16-23-11-13-24(14-12-23)19-9-10-19;8-7(9)6-4-2-1-3-5-6/h7-8,15,19H,5-6,9-14,16H2,1-4H3;1-5H,(H,8,9)/b8-7-;. The van der Waals surface area contributed by atoms with E-state index in [0.717, 1.165) is 24.8 Å². The number of hydrogen-bond donors (Lipinski definition) is 1. The number of ether oxygens (including phenoxy) is 1. The summed E-state index contributed by atoms with van der Waals surface area (Å²) in [7, 11) is 1.80. The maximum atomic E-state index is 10.2. The fraction of sp³-hybridized carbons (Fsp3) is 0.483. The van der Waals surface area contributed by atoms with Gasteiger partial charge in [-0.1, -0.05) is 43.7 Å². The number of benzene rings is 2. The monoisotopic (exact) mass is 464 g/mol. The van der Waals surface area contributed by atoms with Crippen LogP contribution in [-0.4, -0.2) is 60.2 Å². The number of methoxy groups -OCH3 is 1. The Balaban J connectivity index is 0.000000302. The zero-order chi connectivity index (χ0) is 24.5. The largest absolute Gasteiger partial charge is 0.496 e. The van der Waals surface area contributed by atoms with Gasteiger partial charge in [-0.2, -0.15) is 0 Å². The molecule has 34 heavy (non-hydrogen) atoms. The normalized spacial score (nSPS) is 16.8. The number of hydrogen-bond acceptors (Lipinski definition) is 4. The molecule has 1 aliphatic heterocycles. The summed E-state index contributed by atoms with van der Waals surface area (Å²) in [4.78, 5) is 15.5. The van der Waals surface area contributed by atoms with E-state index in [-0.39, 0.29) is 0 Å². The van der Waals surface area contributed by atoms with Crippen LogP contribution < -0.4 is 4.74 Å².